The quantitative estimate of drug-likeness (QED) is 0.413. The van der Waals surface area contributed by atoms with Crippen LogP contribution >= 0.6 is 23.1 Å². The smallest absolute Gasteiger partial charge is 0.291 e. The van der Waals surface area contributed by atoms with E-state index in [4.69, 9.17) is 4.42 Å². The largest absolute Gasteiger partial charge is 0.459 e. The summed E-state index contributed by atoms with van der Waals surface area (Å²) in [5, 5.41) is 5.92. The molecule has 4 rings (SSSR count). The van der Waals surface area contributed by atoms with Gasteiger partial charge in [-0.3, -0.25) is 9.59 Å². The van der Waals surface area contributed by atoms with E-state index in [9.17, 15) is 9.59 Å². The number of aromatic nitrogens is 1. The first-order valence-electron chi connectivity index (χ1n) is 8.86. The van der Waals surface area contributed by atoms with Crippen molar-refractivity contribution in [2.75, 3.05) is 10.6 Å². The summed E-state index contributed by atoms with van der Waals surface area (Å²) in [6.45, 7) is 1.83. The first-order valence-corrected chi connectivity index (χ1v) is 10.6. The highest BCUT2D eigenvalue weighted by Gasteiger charge is 2.17. The lowest BCUT2D eigenvalue weighted by Gasteiger charge is -2.11. The van der Waals surface area contributed by atoms with Gasteiger partial charge in [-0.15, -0.1) is 11.8 Å². The maximum absolute atomic E-state index is 12.6. The van der Waals surface area contributed by atoms with Crippen LogP contribution in [0.1, 0.15) is 17.5 Å². The van der Waals surface area contributed by atoms with Crippen molar-refractivity contribution in [1.29, 1.82) is 0 Å². The van der Waals surface area contributed by atoms with Crippen LogP contribution in [0.3, 0.4) is 0 Å². The highest BCUT2D eigenvalue weighted by Crippen LogP contribution is 2.29. The standard InChI is InChI=1S/C21H17N3O3S2/c1-13(19(25)24-21-23-16-8-2-3-10-18(16)29-21)28-15-7-4-6-14(12-15)22-20(26)17-9-5-11-27-17/h2-13H,1H3,(H,22,26)(H,23,24,25). The zero-order valence-electron chi connectivity index (χ0n) is 15.4. The van der Waals surface area contributed by atoms with Gasteiger partial charge in [0.05, 0.1) is 21.7 Å². The molecule has 2 aromatic heterocycles. The Morgan fingerprint density at radius 2 is 1.93 bits per heavy atom. The summed E-state index contributed by atoms with van der Waals surface area (Å²) in [5.41, 5.74) is 1.50. The molecule has 0 saturated heterocycles. The number of nitrogens with zero attached hydrogens (tertiary/aromatic N) is 1. The molecule has 146 valence electrons. The number of nitrogens with one attached hydrogen (secondary N) is 2. The number of thioether (sulfide) groups is 1. The SMILES string of the molecule is CC(Sc1cccc(NC(=O)c2ccco2)c1)C(=O)Nc1nc2ccccc2s1. The normalized spacial score (nSPS) is 11.9. The van der Waals surface area contributed by atoms with Gasteiger partial charge >= 0.3 is 0 Å². The molecule has 4 aromatic rings. The van der Waals surface area contributed by atoms with Crippen molar-refractivity contribution in [2.45, 2.75) is 17.1 Å². The molecule has 0 aliphatic carbocycles. The summed E-state index contributed by atoms with van der Waals surface area (Å²) >= 11 is 2.86. The molecule has 1 atom stereocenters. The predicted octanol–water partition coefficient (Wildman–Crippen LogP) is 5.26. The highest BCUT2D eigenvalue weighted by atomic mass is 32.2. The molecule has 0 saturated carbocycles. The molecule has 2 aromatic carbocycles. The van der Waals surface area contributed by atoms with E-state index < -0.39 is 0 Å². The second-order valence-electron chi connectivity index (χ2n) is 6.20. The number of rotatable bonds is 6. The number of thiazole rings is 1. The van der Waals surface area contributed by atoms with E-state index in [-0.39, 0.29) is 22.8 Å². The molecule has 2 amide bonds. The fourth-order valence-electron chi connectivity index (χ4n) is 2.64. The topological polar surface area (TPSA) is 84.2 Å². The Morgan fingerprint density at radius 3 is 2.72 bits per heavy atom. The van der Waals surface area contributed by atoms with Crippen LogP contribution in [0.25, 0.3) is 10.2 Å². The molecule has 0 aliphatic heterocycles. The van der Waals surface area contributed by atoms with Gasteiger partial charge in [0.1, 0.15) is 0 Å². The fourth-order valence-corrected chi connectivity index (χ4v) is 4.43. The van der Waals surface area contributed by atoms with Crippen LogP contribution < -0.4 is 10.6 Å². The lowest BCUT2D eigenvalue weighted by Crippen LogP contribution is -2.22. The molecule has 8 heteroatoms. The van der Waals surface area contributed by atoms with Gasteiger partial charge in [0.25, 0.3) is 5.91 Å². The Balaban J connectivity index is 1.39. The van der Waals surface area contributed by atoms with Gasteiger partial charge in [0, 0.05) is 10.6 Å². The summed E-state index contributed by atoms with van der Waals surface area (Å²) in [6, 6.07) is 18.4. The number of furan rings is 1. The van der Waals surface area contributed by atoms with E-state index >= 15 is 0 Å². The first kappa shape index (κ1) is 19.2. The van der Waals surface area contributed by atoms with E-state index in [1.807, 2.05) is 49.4 Å². The molecule has 0 spiro atoms. The molecule has 2 N–H and O–H groups in total. The molecule has 0 fully saturated rings. The molecule has 2 heterocycles. The van der Waals surface area contributed by atoms with Crippen LogP contribution in [0, 0.1) is 0 Å². The number of hydrogen-bond donors (Lipinski definition) is 2. The van der Waals surface area contributed by atoms with Crippen molar-refractivity contribution in [3.05, 3.63) is 72.7 Å². The lowest BCUT2D eigenvalue weighted by molar-refractivity contribution is -0.115. The average Bonchev–Trinajstić information content (AvgIpc) is 3.37. The van der Waals surface area contributed by atoms with E-state index in [1.165, 1.54) is 29.4 Å². The van der Waals surface area contributed by atoms with Gasteiger partial charge in [0.2, 0.25) is 5.91 Å². The zero-order chi connectivity index (χ0) is 20.2. The molecule has 6 nitrogen and oxygen atoms in total. The first-order chi connectivity index (χ1) is 14.1. The van der Waals surface area contributed by atoms with Crippen LogP contribution in [0.4, 0.5) is 10.8 Å². The molecule has 0 bridgehead atoms. The number of anilines is 2. The van der Waals surface area contributed by atoms with Crippen molar-refractivity contribution in [3.63, 3.8) is 0 Å². The summed E-state index contributed by atoms with van der Waals surface area (Å²) in [6.07, 6.45) is 1.45. The van der Waals surface area contributed by atoms with Crippen molar-refractivity contribution >= 4 is 55.9 Å². The van der Waals surface area contributed by atoms with Crippen molar-refractivity contribution in [2.24, 2.45) is 0 Å². The number of benzene rings is 2. The van der Waals surface area contributed by atoms with Crippen molar-refractivity contribution < 1.29 is 14.0 Å². The van der Waals surface area contributed by atoms with Crippen molar-refractivity contribution in [1.82, 2.24) is 4.98 Å². The molecular weight excluding hydrogens is 406 g/mol. The van der Waals surface area contributed by atoms with Crippen LogP contribution in [0.15, 0.2) is 76.2 Å². The van der Waals surface area contributed by atoms with Crippen LogP contribution in [0.2, 0.25) is 0 Å². The number of amides is 2. The summed E-state index contributed by atoms with van der Waals surface area (Å²) in [7, 11) is 0. The third-order valence-electron chi connectivity index (χ3n) is 4.04. The van der Waals surface area contributed by atoms with E-state index in [1.54, 1.807) is 18.2 Å². The van der Waals surface area contributed by atoms with Gasteiger partial charge < -0.3 is 15.1 Å². The van der Waals surface area contributed by atoms with Gasteiger partial charge in [0.15, 0.2) is 10.9 Å². The second kappa shape index (κ2) is 8.50. The minimum Gasteiger partial charge on any atom is -0.459 e. The third kappa shape index (κ3) is 4.67. The summed E-state index contributed by atoms with van der Waals surface area (Å²) in [5.74, 6) is -0.204. The second-order valence-corrected chi connectivity index (χ2v) is 8.64. The Hall–Kier alpha value is -3.10. The van der Waals surface area contributed by atoms with Gasteiger partial charge in [-0.05, 0) is 49.4 Å². The molecule has 29 heavy (non-hydrogen) atoms. The summed E-state index contributed by atoms with van der Waals surface area (Å²) < 4.78 is 6.13. The van der Waals surface area contributed by atoms with Crippen molar-refractivity contribution in [3.8, 4) is 0 Å². The Morgan fingerprint density at radius 1 is 1.07 bits per heavy atom. The predicted molar refractivity (Wildman–Crippen MR) is 117 cm³/mol. The summed E-state index contributed by atoms with van der Waals surface area (Å²) in [4.78, 5) is 30.0. The number of carbonyl (C=O) groups is 2. The van der Waals surface area contributed by atoms with Gasteiger partial charge in [-0.2, -0.15) is 0 Å². The molecule has 1 unspecified atom stereocenters. The molecule has 0 aliphatic rings. The zero-order valence-corrected chi connectivity index (χ0v) is 17.0. The van der Waals surface area contributed by atoms with E-state index in [0.717, 1.165) is 15.1 Å². The average molecular weight is 424 g/mol. The number of para-hydroxylation sites is 1. The molecular formula is C21H17N3O3S2. The Labute approximate surface area is 175 Å². The van der Waals surface area contributed by atoms with Gasteiger partial charge in [-0.1, -0.05) is 29.5 Å². The minimum absolute atomic E-state index is 0.126. The fraction of sp³-hybridized carbons (Fsp3) is 0.0952. The Kier molecular flexibility index (Phi) is 5.64. The lowest BCUT2D eigenvalue weighted by atomic mass is 10.3. The van der Waals surface area contributed by atoms with Gasteiger partial charge in [-0.25, -0.2) is 4.98 Å². The Bertz CT molecular complexity index is 1120. The van der Waals surface area contributed by atoms with Crippen LogP contribution in [-0.4, -0.2) is 22.0 Å². The highest BCUT2D eigenvalue weighted by molar-refractivity contribution is 8.00. The maximum Gasteiger partial charge on any atom is 0.291 e. The number of hydrogen-bond acceptors (Lipinski definition) is 6. The van der Waals surface area contributed by atoms with Crippen LogP contribution in [-0.2, 0) is 4.79 Å². The number of fused-ring (bicyclic) bond motifs is 1. The van der Waals surface area contributed by atoms with E-state index in [0.29, 0.717) is 10.8 Å². The van der Waals surface area contributed by atoms with Crippen LogP contribution in [0.5, 0.6) is 0 Å². The van der Waals surface area contributed by atoms with E-state index in [2.05, 4.69) is 15.6 Å². The molecule has 0 radical (unpaired) electrons. The monoisotopic (exact) mass is 423 g/mol. The third-order valence-corrected chi connectivity index (χ3v) is 6.09. The number of carbonyl (C=O) groups excluding carboxylic acids is 2. The minimum atomic E-state index is -0.335. The maximum atomic E-state index is 12.6.